The lowest BCUT2D eigenvalue weighted by atomic mass is 10.2. The molecule has 0 atom stereocenters. The van der Waals surface area contributed by atoms with Gasteiger partial charge in [0.15, 0.2) is 5.69 Å². The molecule has 0 unspecified atom stereocenters. The number of rotatable bonds is 9. The third-order valence-electron chi connectivity index (χ3n) is 5.49. The molecule has 2 heterocycles. The Kier molecular flexibility index (Phi) is 8.69. The molecule has 0 fully saturated rings. The van der Waals surface area contributed by atoms with Crippen molar-refractivity contribution in [3.05, 3.63) is 92.7 Å². The number of alkyl halides is 3. The zero-order chi connectivity index (χ0) is 30.7. The van der Waals surface area contributed by atoms with Crippen molar-refractivity contribution in [1.29, 1.82) is 5.26 Å². The highest BCUT2D eigenvalue weighted by Crippen LogP contribution is 2.35. The topological polar surface area (TPSA) is 146 Å². The molecule has 0 N–H and O–H groups in total. The van der Waals surface area contributed by atoms with Crippen LogP contribution in [0.3, 0.4) is 0 Å². The molecular formula is C26H19ClF3N5O6S. The minimum atomic E-state index is -5.07. The molecule has 0 radical (unpaired) electrons. The minimum Gasteiger partial charge on any atom is -0.497 e. The Morgan fingerprint density at radius 1 is 1.10 bits per heavy atom. The third-order valence-corrected chi connectivity index (χ3v) is 6.57. The number of benzene rings is 2. The fourth-order valence-electron chi connectivity index (χ4n) is 3.53. The van der Waals surface area contributed by atoms with E-state index in [4.69, 9.17) is 31.1 Å². The van der Waals surface area contributed by atoms with Crippen LogP contribution >= 0.6 is 11.6 Å². The van der Waals surface area contributed by atoms with Gasteiger partial charge in [0.05, 0.1) is 37.2 Å². The van der Waals surface area contributed by atoms with E-state index in [1.54, 1.807) is 30.3 Å². The van der Waals surface area contributed by atoms with Crippen LogP contribution in [0.15, 0.2) is 64.9 Å². The number of methoxy groups -OCH3 is 1. The molecule has 4 aromatic rings. The Morgan fingerprint density at radius 3 is 2.43 bits per heavy atom. The first-order chi connectivity index (χ1) is 19.8. The fraction of sp³-hybridized carbons (Fsp3) is 0.192. The smallest absolute Gasteiger partial charge is 0.437 e. The van der Waals surface area contributed by atoms with E-state index in [0.29, 0.717) is 17.6 Å². The standard InChI is InChI=1S/C26H19ClF3N5O6S/c1-39-19-5-3-15(4-6-19)13-40-23-17(11-32-25(34-23)42(2,37)38)12-35-14-33-22(26(28,29)30)21(24(35)36)41-20-8-16(10-31)7-18(27)9-20/h3-9,11,14H,12-13H2,1-2H3. The molecule has 0 aliphatic carbocycles. The van der Waals surface area contributed by atoms with Gasteiger partial charge in [-0.1, -0.05) is 23.7 Å². The highest BCUT2D eigenvalue weighted by Gasteiger charge is 2.39. The van der Waals surface area contributed by atoms with Gasteiger partial charge in [-0.3, -0.25) is 9.36 Å². The number of sulfone groups is 1. The van der Waals surface area contributed by atoms with Crippen LogP contribution in [-0.4, -0.2) is 41.3 Å². The summed E-state index contributed by atoms with van der Waals surface area (Å²) >= 11 is 5.93. The summed E-state index contributed by atoms with van der Waals surface area (Å²) in [5, 5.41) is 8.57. The van der Waals surface area contributed by atoms with E-state index in [1.165, 1.54) is 13.2 Å². The first-order valence-electron chi connectivity index (χ1n) is 11.7. The van der Waals surface area contributed by atoms with Gasteiger partial charge in [-0.2, -0.15) is 23.4 Å². The monoisotopic (exact) mass is 621 g/mol. The maximum Gasteiger partial charge on any atom is 0.437 e. The second kappa shape index (κ2) is 12.0. The number of nitriles is 1. The van der Waals surface area contributed by atoms with E-state index in [-0.39, 0.29) is 34.4 Å². The van der Waals surface area contributed by atoms with E-state index in [1.807, 2.05) is 0 Å². The first kappa shape index (κ1) is 30.3. The van der Waals surface area contributed by atoms with E-state index < -0.39 is 44.7 Å². The highest BCUT2D eigenvalue weighted by atomic mass is 35.5. The summed E-state index contributed by atoms with van der Waals surface area (Å²) in [7, 11) is -2.37. The molecule has 42 heavy (non-hydrogen) atoms. The molecule has 0 spiro atoms. The highest BCUT2D eigenvalue weighted by molar-refractivity contribution is 7.90. The first-order valence-corrected chi connectivity index (χ1v) is 13.9. The van der Waals surface area contributed by atoms with E-state index in [0.717, 1.165) is 29.2 Å². The van der Waals surface area contributed by atoms with E-state index >= 15 is 0 Å². The predicted molar refractivity (Wildman–Crippen MR) is 141 cm³/mol. The second-order valence-corrected chi connectivity index (χ2v) is 11.0. The van der Waals surface area contributed by atoms with Crippen LogP contribution < -0.4 is 19.8 Å². The number of nitrogens with zero attached hydrogens (tertiary/aromatic N) is 5. The number of ether oxygens (including phenoxy) is 3. The lowest BCUT2D eigenvalue weighted by Crippen LogP contribution is -2.27. The van der Waals surface area contributed by atoms with Crippen LogP contribution in [0, 0.1) is 11.3 Å². The average molecular weight is 622 g/mol. The number of hydrogen-bond donors (Lipinski definition) is 0. The van der Waals surface area contributed by atoms with Crippen LogP contribution in [0.25, 0.3) is 0 Å². The average Bonchev–Trinajstić information content (AvgIpc) is 2.93. The second-order valence-electron chi connectivity index (χ2n) is 8.63. The van der Waals surface area contributed by atoms with Crippen molar-refractivity contribution < 1.29 is 35.8 Å². The van der Waals surface area contributed by atoms with Crippen molar-refractivity contribution in [3.8, 4) is 29.2 Å². The molecule has 0 aliphatic heterocycles. The molecule has 2 aromatic heterocycles. The molecule has 0 saturated carbocycles. The van der Waals surface area contributed by atoms with Crippen molar-refractivity contribution in [2.45, 2.75) is 24.5 Å². The van der Waals surface area contributed by atoms with E-state index in [9.17, 15) is 26.4 Å². The quantitative estimate of drug-likeness (QED) is 0.246. The molecule has 11 nitrogen and oxygen atoms in total. The van der Waals surface area contributed by atoms with Gasteiger partial charge in [0.1, 0.15) is 18.1 Å². The summed E-state index contributed by atoms with van der Waals surface area (Å²) < 4.78 is 82.3. The van der Waals surface area contributed by atoms with Gasteiger partial charge in [0.2, 0.25) is 26.6 Å². The van der Waals surface area contributed by atoms with Crippen molar-refractivity contribution in [2.75, 3.05) is 13.4 Å². The maximum atomic E-state index is 13.8. The summed E-state index contributed by atoms with van der Waals surface area (Å²) in [5.41, 5.74) is -2.16. The lowest BCUT2D eigenvalue weighted by Gasteiger charge is -2.16. The molecule has 0 amide bonds. The summed E-state index contributed by atoms with van der Waals surface area (Å²) in [6.07, 6.45) is -2.46. The Bertz CT molecular complexity index is 1840. The number of halogens is 4. The normalized spacial score (nSPS) is 11.5. The fourth-order valence-corrected chi connectivity index (χ4v) is 4.24. The van der Waals surface area contributed by atoms with Crippen molar-refractivity contribution in [1.82, 2.24) is 19.5 Å². The van der Waals surface area contributed by atoms with Gasteiger partial charge >= 0.3 is 6.18 Å². The zero-order valence-electron chi connectivity index (χ0n) is 21.7. The van der Waals surface area contributed by atoms with Crippen LogP contribution in [0.2, 0.25) is 5.02 Å². The molecule has 0 bridgehead atoms. The SMILES string of the molecule is COc1ccc(COc2nc(S(C)(=O)=O)ncc2Cn2cnc(C(F)(F)F)c(Oc3cc(Cl)cc(C#N)c3)c2=O)cc1. The molecule has 218 valence electrons. The van der Waals surface area contributed by atoms with Gasteiger partial charge in [0.25, 0.3) is 5.56 Å². The largest absolute Gasteiger partial charge is 0.497 e. The Labute approximate surface area is 241 Å². The van der Waals surface area contributed by atoms with Gasteiger partial charge in [-0.25, -0.2) is 18.4 Å². The predicted octanol–water partition coefficient (Wildman–Crippen LogP) is 4.41. The number of aromatic nitrogens is 4. The van der Waals surface area contributed by atoms with Gasteiger partial charge in [-0.15, -0.1) is 0 Å². The van der Waals surface area contributed by atoms with Crippen molar-refractivity contribution in [3.63, 3.8) is 0 Å². The van der Waals surface area contributed by atoms with Gasteiger partial charge < -0.3 is 14.2 Å². The van der Waals surface area contributed by atoms with Crippen LogP contribution in [0.5, 0.6) is 23.1 Å². The molecule has 0 aliphatic rings. The van der Waals surface area contributed by atoms with Crippen LogP contribution in [-0.2, 0) is 29.2 Å². The Hall–Kier alpha value is -4.68. The molecule has 4 rings (SSSR count). The zero-order valence-corrected chi connectivity index (χ0v) is 23.3. The lowest BCUT2D eigenvalue weighted by molar-refractivity contribution is -0.142. The molecule has 0 saturated heterocycles. The molecule has 16 heteroatoms. The molecular weight excluding hydrogens is 603 g/mol. The van der Waals surface area contributed by atoms with Gasteiger partial charge in [0, 0.05) is 17.5 Å². The summed E-state index contributed by atoms with van der Waals surface area (Å²) in [6, 6.07) is 12.0. The Balaban J connectivity index is 1.74. The van der Waals surface area contributed by atoms with Crippen molar-refractivity contribution >= 4 is 21.4 Å². The number of hydrogen-bond acceptors (Lipinski definition) is 10. The van der Waals surface area contributed by atoms with Crippen LogP contribution in [0.4, 0.5) is 13.2 Å². The third kappa shape index (κ3) is 7.14. The molecule has 2 aromatic carbocycles. The maximum absolute atomic E-state index is 13.8. The summed E-state index contributed by atoms with van der Waals surface area (Å²) in [6.45, 7) is -0.553. The van der Waals surface area contributed by atoms with E-state index in [2.05, 4.69) is 15.0 Å². The van der Waals surface area contributed by atoms with Gasteiger partial charge in [-0.05, 0) is 35.9 Å². The summed E-state index contributed by atoms with van der Waals surface area (Å²) in [4.78, 5) is 24.4. The van der Waals surface area contributed by atoms with Crippen molar-refractivity contribution in [2.24, 2.45) is 0 Å². The van der Waals surface area contributed by atoms with Crippen LogP contribution in [0.1, 0.15) is 22.4 Å². The summed E-state index contributed by atoms with van der Waals surface area (Å²) in [5.74, 6) is -1.12. The minimum absolute atomic E-state index is 0.0106. The Morgan fingerprint density at radius 2 is 1.81 bits per heavy atom.